The molecule has 1 aromatic rings. The number of carbonyl (C=O) groups is 1. The molecule has 3 atom stereocenters. The third-order valence-corrected chi connectivity index (χ3v) is 6.40. The van der Waals surface area contributed by atoms with E-state index in [-0.39, 0.29) is 17.4 Å². The van der Waals surface area contributed by atoms with Gasteiger partial charge in [0.25, 0.3) is 0 Å². The number of nitrogens with one attached hydrogen (secondary N) is 1. The Labute approximate surface area is 161 Å². The Morgan fingerprint density at radius 3 is 2.36 bits per heavy atom. The van der Waals surface area contributed by atoms with E-state index in [2.05, 4.69) is 10.1 Å². The van der Waals surface area contributed by atoms with Crippen molar-refractivity contribution in [1.29, 1.82) is 0 Å². The number of halogens is 3. The molecule has 154 valence electrons. The normalized spacial score (nSPS) is 30.7. The first-order chi connectivity index (χ1) is 13.3. The third-order valence-electron chi connectivity index (χ3n) is 6.40. The van der Waals surface area contributed by atoms with E-state index < -0.39 is 23.5 Å². The molecule has 0 radical (unpaired) electrons. The molecule has 0 bridgehead atoms. The lowest BCUT2D eigenvalue weighted by atomic mass is 9.64. The fraction of sp³-hybridized carbons (Fsp3) is 0.650. The smallest absolute Gasteiger partial charge is 0.367 e. The van der Waals surface area contributed by atoms with Crippen LogP contribution in [0, 0.1) is 5.41 Å². The van der Waals surface area contributed by atoms with Gasteiger partial charge in [0.2, 0.25) is 5.91 Å². The van der Waals surface area contributed by atoms with Crippen LogP contribution in [0.5, 0.6) is 0 Å². The van der Waals surface area contributed by atoms with Crippen LogP contribution < -0.4 is 5.32 Å². The molecule has 2 heterocycles. The number of ether oxygens (including phenoxy) is 3. The van der Waals surface area contributed by atoms with Crippen molar-refractivity contribution in [2.24, 2.45) is 5.41 Å². The first kappa shape index (κ1) is 19.7. The predicted octanol–water partition coefficient (Wildman–Crippen LogP) is 3.45. The second kappa shape index (κ2) is 7.00. The lowest BCUT2D eigenvalue weighted by Gasteiger charge is -2.46. The van der Waals surface area contributed by atoms with Crippen LogP contribution in [-0.2, 0) is 19.0 Å². The van der Waals surface area contributed by atoms with Crippen LogP contribution in [0.1, 0.15) is 48.8 Å². The van der Waals surface area contributed by atoms with Gasteiger partial charge in [0, 0.05) is 26.0 Å². The zero-order valence-corrected chi connectivity index (χ0v) is 15.7. The van der Waals surface area contributed by atoms with Gasteiger partial charge in [-0.3, -0.25) is 4.79 Å². The average molecular weight is 399 g/mol. The molecular formula is C20H24F3NO4. The number of alkyl halides is 3. The van der Waals surface area contributed by atoms with Gasteiger partial charge in [-0.05, 0) is 30.4 Å². The van der Waals surface area contributed by atoms with Crippen molar-refractivity contribution in [3.8, 4) is 0 Å². The SMILES string of the molecule is CO[C@H](c1ccc(C2CC3(CCNC3=O)CCC23OCCO3)cc1)C(F)(F)F. The Hall–Kier alpha value is -1.64. The summed E-state index contributed by atoms with van der Waals surface area (Å²) in [7, 11) is 1.05. The van der Waals surface area contributed by atoms with Gasteiger partial charge < -0.3 is 19.5 Å². The Morgan fingerprint density at radius 1 is 1.14 bits per heavy atom. The van der Waals surface area contributed by atoms with Crippen molar-refractivity contribution in [1.82, 2.24) is 5.32 Å². The molecule has 1 saturated carbocycles. The lowest BCUT2D eigenvalue weighted by molar-refractivity contribution is -0.216. The van der Waals surface area contributed by atoms with E-state index in [0.717, 1.165) is 19.1 Å². The Morgan fingerprint density at radius 2 is 1.82 bits per heavy atom. The summed E-state index contributed by atoms with van der Waals surface area (Å²) in [5.74, 6) is -0.965. The Bertz CT molecular complexity index is 730. The lowest BCUT2D eigenvalue weighted by Crippen LogP contribution is -2.48. The Balaban J connectivity index is 1.65. The van der Waals surface area contributed by atoms with E-state index in [1.54, 1.807) is 12.1 Å². The number of hydrogen-bond donors (Lipinski definition) is 1. The number of hydrogen-bond acceptors (Lipinski definition) is 4. The van der Waals surface area contributed by atoms with Gasteiger partial charge in [-0.1, -0.05) is 24.3 Å². The number of carbonyl (C=O) groups excluding carboxylic acids is 1. The highest BCUT2D eigenvalue weighted by atomic mass is 19.4. The van der Waals surface area contributed by atoms with Crippen molar-refractivity contribution in [2.45, 2.75) is 49.7 Å². The van der Waals surface area contributed by atoms with Crippen LogP contribution >= 0.6 is 0 Å². The molecule has 2 aliphatic heterocycles. The molecule has 2 spiro atoms. The van der Waals surface area contributed by atoms with Crippen molar-refractivity contribution in [3.05, 3.63) is 35.4 Å². The molecule has 1 aliphatic carbocycles. The maximum Gasteiger partial charge on any atom is 0.418 e. The molecule has 1 N–H and O–H groups in total. The molecular weight excluding hydrogens is 375 g/mol. The average Bonchev–Trinajstić information content (AvgIpc) is 3.26. The number of methoxy groups -OCH3 is 1. The van der Waals surface area contributed by atoms with Gasteiger partial charge >= 0.3 is 6.18 Å². The second-order valence-corrected chi connectivity index (χ2v) is 7.88. The summed E-state index contributed by atoms with van der Waals surface area (Å²) >= 11 is 0. The van der Waals surface area contributed by atoms with E-state index in [9.17, 15) is 18.0 Å². The van der Waals surface area contributed by atoms with Crippen LogP contribution in [0.2, 0.25) is 0 Å². The minimum Gasteiger partial charge on any atom is -0.367 e. The zero-order valence-electron chi connectivity index (χ0n) is 15.7. The summed E-state index contributed by atoms with van der Waals surface area (Å²) in [6.45, 7) is 1.61. The number of benzene rings is 1. The van der Waals surface area contributed by atoms with Crippen LogP contribution in [-0.4, -0.2) is 44.7 Å². The Kier molecular flexibility index (Phi) is 4.92. The molecule has 3 aliphatic rings. The van der Waals surface area contributed by atoms with Crippen molar-refractivity contribution in [3.63, 3.8) is 0 Å². The minimum atomic E-state index is -4.48. The van der Waals surface area contributed by atoms with Crippen LogP contribution in [0.3, 0.4) is 0 Å². The fourth-order valence-electron chi connectivity index (χ4n) is 4.94. The molecule has 5 nitrogen and oxygen atoms in total. The van der Waals surface area contributed by atoms with Crippen LogP contribution in [0.4, 0.5) is 13.2 Å². The summed E-state index contributed by atoms with van der Waals surface area (Å²) in [4.78, 5) is 12.5. The molecule has 2 unspecified atom stereocenters. The minimum absolute atomic E-state index is 0.0465. The maximum absolute atomic E-state index is 13.1. The van der Waals surface area contributed by atoms with Crippen molar-refractivity contribution < 1.29 is 32.2 Å². The second-order valence-electron chi connectivity index (χ2n) is 7.88. The number of amides is 1. The highest BCUT2D eigenvalue weighted by Gasteiger charge is 2.57. The van der Waals surface area contributed by atoms with Gasteiger partial charge in [0.15, 0.2) is 11.9 Å². The van der Waals surface area contributed by atoms with Gasteiger partial charge in [0.1, 0.15) is 0 Å². The highest BCUT2D eigenvalue weighted by molar-refractivity contribution is 5.85. The topological polar surface area (TPSA) is 56.8 Å². The molecule has 0 aromatic heterocycles. The van der Waals surface area contributed by atoms with E-state index in [4.69, 9.17) is 9.47 Å². The van der Waals surface area contributed by atoms with E-state index >= 15 is 0 Å². The summed E-state index contributed by atoms with van der Waals surface area (Å²) in [5, 5.41) is 2.92. The molecule has 1 aromatic carbocycles. The maximum atomic E-state index is 13.1. The first-order valence-corrected chi connectivity index (χ1v) is 9.55. The quantitative estimate of drug-likeness (QED) is 0.846. The van der Waals surface area contributed by atoms with Gasteiger partial charge in [-0.15, -0.1) is 0 Å². The molecule has 8 heteroatoms. The fourth-order valence-corrected chi connectivity index (χ4v) is 4.94. The van der Waals surface area contributed by atoms with Gasteiger partial charge in [-0.2, -0.15) is 13.2 Å². The molecule has 2 saturated heterocycles. The van der Waals surface area contributed by atoms with Gasteiger partial charge in [-0.25, -0.2) is 0 Å². The zero-order chi connectivity index (χ0) is 20.0. The summed E-state index contributed by atoms with van der Waals surface area (Å²) in [6, 6.07) is 6.23. The molecule has 3 fully saturated rings. The van der Waals surface area contributed by atoms with E-state index in [1.165, 1.54) is 12.1 Å². The summed E-state index contributed by atoms with van der Waals surface area (Å²) in [6.07, 6.45) is -3.84. The monoisotopic (exact) mass is 399 g/mol. The van der Waals surface area contributed by atoms with Crippen LogP contribution in [0.15, 0.2) is 24.3 Å². The van der Waals surface area contributed by atoms with Gasteiger partial charge in [0.05, 0.1) is 18.6 Å². The standard InChI is InChI=1S/C20H24F3NO4/c1-26-16(20(21,22)23)14-4-2-13(3-5-14)15-12-18(8-9-24-17(18)25)6-7-19(15)27-10-11-28-19/h2-5,15-16H,6-12H2,1H3,(H,24,25)/t15?,16-,18?/m1/s1. The van der Waals surface area contributed by atoms with Crippen molar-refractivity contribution in [2.75, 3.05) is 26.9 Å². The van der Waals surface area contributed by atoms with Crippen LogP contribution in [0.25, 0.3) is 0 Å². The summed E-state index contributed by atoms with van der Waals surface area (Å²) < 4.78 is 56.0. The molecule has 1 amide bonds. The molecule has 4 rings (SSSR count). The van der Waals surface area contributed by atoms with E-state index in [1.807, 2.05) is 0 Å². The predicted molar refractivity (Wildman–Crippen MR) is 93.5 cm³/mol. The van der Waals surface area contributed by atoms with E-state index in [0.29, 0.717) is 39.0 Å². The van der Waals surface area contributed by atoms with Crippen molar-refractivity contribution >= 4 is 5.91 Å². The third kappa shape index (κ3) is 3.21. The first-order valence-electron chi connectivity index (χ1n) is 9.55. The molecule has 28 heavy (non-hydrogen) atoms. The largest absolute Gasteiger partial charge is 0.418 e. The number of rotatable bonds is 3. The summed E-state index contributed by atoms with van der Waals surface area (Å²) in [5.41, 5.74) is 0.414. The highest BCUT2D eigenvalue weighted by Crippen LogP contribution is 2.55.